The Labute approximate surface area is 202 Å². The number of methoxy groups -OCH3 is 1. The van der Waals surface area contributed by atoms with Crippen LogP contribution in [0.4, 0.5) is 10.5 Å². The molecule has 2 amide bonds. The number of nitrogens with one attached hydrogen (secondary N) is 1. The molecule has 1 unspecified atom stereocenters. The van der Waals surface area contributed by atoms with Crippen LogP contribution >= 0.6 is 0 Å². The number of hydrogen-bond donors (Lipinski definition) is 1. The van der Waals surface area contributed by atoms with Gasteiger partial charge in [0.1, 0.15) is 11.4 Å². The highest BCUT2D eigenvalue weighted by molar-refractivity contribution is 6.13. The second-order valence-electron chi connectivity index (χ2n) is 9.37. The number of carbonyl (C=O) groups is 2. The zero-order chi connectivity index (χ0) is 24.7. The summed E-state index contributed by atoms with van der Waals surface area (Å²) >= 11 is 0. The standard InChI is InChI=1S/C27H35N3O4/c1-6-7-8-12-22-21-11-9-10-13-23(21)30(18-19-14-16-20(33-5)17-15-19)25(31)24(28-22)29-26(32)34-27(2,3)4/h9-11,13-17,24H,6-8,12,18H2,1-5H3,(H,29,32). The summed E-state index contributed by atoms with van der Waals surface area (Å²) in [5.41, 5.74) is 2.77. The molecule has 0 saturated carbocycles. The van der Waals surface area contributed by atoms with Gasteiger partial charge < -0.3 is 14.4 Å². The summed E-state index contributed by atoms with van der Waals surface area (Å²) in [4.78, 5) is 32.8. The fourth-order valence-electron chi connectivity index (χ4n) is 3.83. The zero-order valence-corrected chi connectivity index (χ0v) is 20.8. The number of hydrogen-bond acceptors (Lipinski definition) is 5. The molecule has 1 heterocycles. The molecule has 1 aliphatic rings. The van der Waals surface area contributed by atoms with Gasteiger partial charge >= 0.3 is 6.09 Å². The number of fused-ring (bicyclic) bond motifs is 1. The van der Waals surface area contributed by atoms with E-state index in [2.05, 4.69) is 12.2 Å². The molecule has 0 bridgehead atoms. The van der Waals surface area contributed by atoms with Crippen LogP contribution in [-0.2, 0) is 16.1 Å². The van der Waals surface area contributed by atoms with E-state index in [4.69, 9.17) is 14.5 Å². The van der Waals surface area contributed by atoms with Crippen molar-refractivity contribution in [2.75, 3.05) is 12.0 Å². The van der Waals surface area contributed by atoms with Crippen LogP contribution in [0.2, 0.25) is 0 Å². The second-order valence-corrected chi connectivity index (χ2v) is 9.37. The number of benzodiazepines with no additional fused rings is 1. The van der Waals surface area contributed by atoms with Crippen molar-refractivity contribution in [3.05, 3.63) is 59.7 Å². The molecule has 0 spiro atoms. The first-order valence-electron chi connectivity index (χ1n) is 11.8. The van der Waals surface area contributed by atoms with E-state index in [0.717, 1.165) is 54.0 Å². The quantitative estimate of drug-likeness (QED) is 0.525. The van der Waals surface area contributed by atoms with Crippen molar-refractivity contribution < 1.29 is 19.1 Å². The minimum atomic E-state index is -1.07. The lowest BCUT2D eigenvalue weighted by atomic mass is 10.0. The first-order chi connectivity index (χ1) is 16.2. The van der Waals surface area contributed by atoms with Gasteiger partial charge in [0.15, 0.2) is 0 Å². The molecular formula is C27H35N3O4. The molecule has 2 aromatic carbocycles. The van der Waals surface area contributed by atoms with Crippen molar-refractivity contribution >= 4 is 23.4 Å². The Morgan fingerprint density at radius 2 is 1.79 bits per heavy atom. The summed E-state index contributed by atoms with van der Waals surface area (Å²) in [5, 5.41) is 2.69. The van der Waals surface area contributed by atoms with Crippen LogP contribution < -0.4 is 15.0 Å². The van der Waals surface area contributed by atoms with Gasteiger partial charge in [0, 0.05) is 11.3 Å². The predicted molar refractivity (Wildman–Crippen MR) is 134 cm³/mol. The number of anilines is 1. The number of para-hydroxylation sites is 1. The fraction of sp³-hybridized carbons (Fsp3) is 0.444. The fourth-order valence-corrected chi connectivity index (χ4v) is 3.83. The molecular weight excluding hydrogens is 430 g/mol. The third-order valence-corrected chi connectivity index (χ3v) is 5.46. The van der Waals surface area contributed by atoms with Crippen molar-refractivity contribution in [3.8, 4) is 5.75 Å². The van der Waals surface area contributed by atoms with Gasteiger partial charge in [-0.25, -0.2) is 4.79 Å². The monoisotopic (exact) mass is 465 g/mol. The first kappa shape index (κ1) is 25.3. The van der Waals surface area contributed by atoms with Crippen molar-refractivity contribution in [2.45, 2.75) is 71.7 Å². The van der Waals surface area contributed by atoms with Gasteiger partial charge in [-0.3, -0.25) is 15.1 Å². The molecule has 1 atom stereocenters. The summed E-state index contributed by atoms with van der Waals surface area (Å²) < 4.78 is 10.7. The molecule has 0 aromatic heterocycles. The van der Waals surface area contributed by atoms with E-state index in [-0.39, 0.29) is 5.91 Å². The van der Waals surface area contributed by atoms with Gasteiger partial charge in [0.2, 0.25) is 6.17 Å². The minimum Gasteiger partial charge on any atom is -0.497 e. The highest BCUT2D eigenvalue weighted by Gasteiger charge is 2.33. The number of amides is 2. The Kier molecular flexibility index (Phi) is 8.31. The number of unbranched alkanes of at least 4 members (excludes halogenated alkanes) is 2. The van der Waals surface area contributed by atoms with Gasteiger partial charge in [-0.1, -0.05) is 50.1 Å². The Morgan fingerprint density at radius 1 is 1.09 bits per heavy atom. The number of alkyl carbamates (subject to hydrolysis) is 1. The Bertz CT molecular complexity index is 1020. The van der Waals surface area contributed by atoms with E-state index in [1.807, 2.05) is 48.5 Å². The normalized spacial score (nSPS) is 15.8. The molecule has 7 heteroatoms. The van der Waals surface area contributed by atoms with Crippen LogP contribution in [0.1, 0.15) is 64.5 Å². The minimum absolute atomic E-state index is 0.306. The topological polar surface area (TPSA) is 80.2 Å². The number of carbonyl (C=O) groups excluding carboxylic acids is 2. The van der Waals surface area contributed by atoms with E-state index in [0.29, 0.717) is 6.54 Å². The van der Waals surface area contributed by atoms with Crippen LogP contribution in [0.5, 0.6) is 5.75 Å². The molecule has 0 radical (unpaired) electrons. The lowest BCUT2D eigenvalue weighted by Gasteiger charge is -2.26. The highest BCUT2D eigenvalue weighted by Crippen LogP contribution is 2.29. The van der Waals surface area contributed by atoms with Crippen molar-refractivity contribution in [2.24, 2.45) is 4.99 Å². The molecule has 34 heavy (non-hydrogen) atoms. The number of aliphatic imine (C=N–C) groups is 1. The lowest BCUT2D eigenvalue weighted by molar-refractivity contribution is -0.120. The van der Waals surface area contributed by atoms with Crippen LogP contribution in [0, 0.1) is 0 Å². The van der Waals surface area contributed by atoms with Gasteiger partial charge in [-0.05, 0) is 57.4 Å². The van der Waals surface area contributed by atoms with Gasteiger partial charge in [0.05, 0.1) is 19.3 Å². The third-order valence-electron chi connectivity index (χ3n) is 5.46. The highest BCUT2D eigenvalue weighted by atomic mass is 16.6. The number of nitrogens with zero attached hydrogens (tertiary/aromatic N) is 2. The summed E-state index contributed by atoms with van der Waals surface area (Å²) in [7, 11) is 1.62. The lowest BCUT2D eigenvalue weighted by Crippen LogP contribution is -2.48. The molecule has 182 valence electrons. The third kappa shape index (κ3) is 6.59. The zero-order valence-electron chi connectivity index (χ0n) is 20.8. The SMILES string of the molecule is CCCCCC1=NC(NC(=O)OC(C)(C)C)C(=O)N(Cc2ccc(OC)cc2)c2ccccc21. The first-order valence-corrected chi connectivity index (χ1v) is 11.8. The van der Waals surface area contributed by atoms with Crippen molar-refractivity contribution in [3.63, 3.8) is 0 Å². The molecule has 7 nitrogen and oxygen atoms in total. The molecule has 0 aliphatic carbocycles. The largest absolute Gasteiger partial charge is 0.497 e. The van der Waals surface area contributed by atoms with Crippen molar-refractivity contribution in [1.29, 1.82) is 0 Å². The van der Waals surface area contributed by atoms with Crippen molar-refractivity contribution in [1.82, 2.24) is 5.32 Å². The average molecular weight is 466 g/mol. The summed E-state index contributed by atoms with van der Waals surface area (Å²) in [6.45, 7) is 7.84. The summed E-state index contributed by atoms with van der Waals surface area (Å²) in [6, 6.07) is 15.4. The molecule has 3 rings (SSSR count). The number of benzene rings is 2. The molecule has 1 aliphatic heterocycles. The maximum absolute atomic E-state index is 13.7. The van der Waals surface area contributed by atoms with Crippen LogP contribution in [-0.4, -0.2) is 36.6 Å². The maximum atomic E-state index is 13.7. The van der Waals surface area contributed by atoms with E-state index in [1.54, 1.807) is 32.8 Å². The maximum Gasteiger partial charge on any atom is 0.409 e. The van der Waals surface area contributed by atoms with E-state index < -0.39 is 17.9 Å². The number of rotatable bonds is 8. The van der Waals surface area contributed by atoms with Gasteiger partial charge in [-0.15, -0.1) is 0 Å². The molecule has 0 saturated heterocycles. The smallest absolute Gasteiger partial charge is 0.409 e. The Hall–Kier alpha value is -3.35. The summed E-state index contributed by atoms with van der Waals surface area (Å²) in [5.74, 6) is 0.442. The van der Waals surface area contributed by atoms with Gasteiger partial charge in [-0.2, -0.15) is 0 Å². The van der Waals surface area contributed by atoms with E-state index in [1.165, 1.54) is 0 Å². The van der Waals surface area contributed by atoms with Gasteiger partial charge in [0.25, 0.3) is 5.91 Å². The van der Waals surface area contributed by atoms with Crippen LogP contribution in [0.3, 0.4) is 0 Å². The summed E-state index contributed by atoms with van der Waals surface area (Å²) in [6.07, 6.45) is 2.08. The average Bonchev–Trinajstić information content (AvgIpc) is 2.89. The predicted octanol–water partition coefficient (Wildman–Crippen LogP) is 5.46. The van der Waals surface area contributed by atoms with Crippen LogP contribution in [0.25, 0.3) is 0 Å². The van der Waals surface area contributed by atoms with E-state index in [9.17, 15) is 9.59 Å². The molecule has 1 N–H and O–H groups in total. The molecule has 0 fully saturated rings. The molecule has 2 aromatic rings. The van der Waals surface area contributed by atoms with E-state index >= 15 is 0 Å². The Morgan fingerprint density at radius 3 is 2.44 bits per heavy atom. The van der Waals surface area contributed by atoms with Crippen LogP contribution in [0.15, 0.2) is 53.5 Å². The number of ether oxygens (including phenoxy) is 2. The second kappa shape index (κ2) is 11.2. The Balaban J connectivity index is 1.98.